The zero-order valence-corrected chi connectivity index (χ0v) is 11.9. The summed E-state index contributed by atoms with van der Waals surface area (Å²) in [6.07, 6.45) is 1.69. The van der Waals surface area contributed by atoms with Crippen molar-refractivity contribution < 1.29 is 4.74 Å². The number of hydrogen-bond donors (Lipinski definition) is 2. The first-order valence-electron chi connectivity index (χ1n) is 6.35. The van der Waals surface area contributed by atoms with E-state index >= 15 is 0 Å². The summed E-state index contributed by atoms with van der Waals surface area (Å²) in [5.41, 5.74) is 8.36. The number of nitrogens with one attached hydrogen (secondary N) is 2. The molecule has 4 heteroatoms. The predicted octanol–water partition coefficient (Wildman–Crippen LogP) is 4.02. The van der Waals surface area contributed by atoms with Gasteiger partial charge in [-0.3, -0.25) is 0 Å². The van der Waals surface area contributed by atoms with Gasteiger partial charge < -0.3 is 10.2 Å². The number of ether oxygens (including phenoxy) is 1. The van der Waals surface area contributed by atoms with Crippen LogP contribution in [0.2, 0.25) is 5.02 Å². The molecule has 0 aliphatic carbocycles. The molecule has 2 N–H and O–H groups in total. The fraction of sp³-hybridized carbons (Fsp3) is 0.125. The molecular weight excluding hydrogens is 272 g/mol. The van der Waals surface area contributed by atoms with Crippen molar-refractivity contribution in [1.82, 2.24) is 5.43 Å². The van der Waals surface area contributed by atoms with Gasteiger partial charge in [-0.1, -0.05) is 48.5 Å². The predicted molar refractivity (Wildman–Crippen MR) is 84.0 cm³/mol. The zero-order chi connectivity index (χ0) is 14.2. The van der Waals surface area contributed by atoms with Crippen LogP contribution in [0.25, 0.3) is 0 Å². The normalized spacial score (nSPS) is 10.1. The molecule has 0 heterocycles. The molecular formula is C16H17ClN2O. The summed E-state index contributed by atoms with van der Waals surface area (Å²) in [6, 6.07) is 15.7. The molecule has 20 heavy (non-hydrogen) atoms. The Bertz CT molecular complexity index is 558. The fourth-order valence-electron chi connectivity index (χ4n) is 1.69. The van der Waals surface area contributed by atoms with Crippen molar-refractivity contribution in [3.63, 3.8) is 0 Å². The zero-order valence-electron chi connectivity index (χ0n) is 11.1. The minimum Gasteiger partial charge on any atom is -0.488 e. The van der Waals surface area contributed by atoms with Crippen molar-refractivity contribution in [3.05, 3.63) is 71.8 Å². The highest BCUT2D eigenvalue weighted by Crippen LogP contribution is 2.25. The molecule has 3 nitrogen and oxygen atoms in total. The lowest BCUT2D eigenvalue weighted by atomic mass is 10.2. The summed E-state index contributed by atoms with van der Waals surface area (Å²) >= 11 is 6.15. The van der Waals surface area contributed by atoms with Crippen LogP contribution in [0.3, 0.4) is 0 Å². The third-order valence-corrected chi connectivity index (χ3v) is 2.95. The molecule has 0 saturated heterocycles. The molecule has 2 aromatic rings. The molecule has 0 saturated carbocycles. The Morgan fingerprint density at radius 2 is 1.95 bits per heavy atom. The third-order valence-electron chi connectivity index (χ3n) is 2.65. The summed E-state index contributed by atoms with van der Waals surface area (Å²) in [7, 11) is 0. The van der Waals surface area contributed by atoms with Crippen molar-refractivity contribution in [2.75, 3.05) is 12.0 Å². The summed E-state index contributed by atoms with van der Waals surface area (Å²) < 4.78 is 5.43. The smallest absolute Gasteiger partial charge is 0.138 e. The van der Waals surface area contributed by atoms with E-state index < -0.39 is 0 Å². The summed E-state index contributed by atoms with van der Waals surface area (Å²) in [4.78, 5) is 0. The molecule has 0 radical (unpaired) electrons. The lowest BCUT2D eigenvalue weighted by Crippen LogP contribution is -2.20. The van der Waals surface area contributed by atoms with Gasteiger partial charge in [-0.15, -0.1) is 0 Å². The number of hydrazine groups is 1. The van der Waals surface area contributed by atoms with Crippen molar-refractivity contribution in [3.8, 4) is 5.75 Å². The van der Waals surface area contributed by atoms with Crippen molar-refractivity contribution in [2.45, 2.75) is 6.54 Å². The van der Waals surface area contributed by atoms with E-state index in [1.165, 1.54) is 0 Å². The quantitative estimate of drug-likeness (QED) is 0.596. The van der Waals surface area contributed by atoms with Gasteiger partial charge in [0.05, 0.1) is 5.02 Å². The number of hydrogen-bond acceptors (Lipinski definition) is 3. The Labute approximate surface area is 124 Å². The van der Waals surface area contributed by atoms with Gasteiger partial charge in [-0.25, -0.2) is 5.43 Å². The average molecular weight is 289 g/mol. The monoisotopic (exact) mass is 288 g/mol. The molecule has 104 valence electrons. The number of rotatable bonds is 7. The van der Waals surface area contributed by atoms with E-state index in [1.54, 1.807) is 6.08 Å². The second kappa shape index (κ2) is 7.58. The molecule has 0 aromatic heterocycles. The Balaban J connectivity index is 1.87. The second-order valence-electron chi connectivity index (χ2n) is 4.21. The first-order valence-corrected chi connectivity index (χ1v) is 6.73. The molecule has 0 fully saturated rings. The Morgan fingerprint density at radius 3 is 2.65 bits per heavy atom. The van der Waals surface area contributed by atoms with Crippen LogP contribution >= 0.6 is 11.6 Å². The van der Waals surface area contributed by atoms with Crippen LogP contribution in [-0.2, 0) is 6.54 Å². The molecule has 0 spiro atoms. The van der Waals surface area contributed by atoms with Gasteiger partial charge in [0.2, 0.25) is 0 Å². The lowest BCUT2D eigenvalue weighted by Gasteiger charge is -2.10. The topological polar surface area (TPSA) is 33.3 Å². The molecule has 0 bridgehead atoms. The summed E-state index contributed by atoms with van der Waals surface area (Å²) in [6.45, 7) is 4.72. The minimum absolute atomic E-state index is 0.451. The fourth-order valence-corrected chi connectivity index (χ4v) is 1.95. The SMILES string of the molecule is C=CCOc1ccc(CNNc2ccccc2)cc1Cl. The maximum atomic E-state index is 6.15. The summed E-state index contributed by atoms with van der Waals surface area (Å²) in [5, 5.41) is 0.603. The van der Waals surface area contributed by atoms with Crippen LogP contribution in [0.1, 0.15) is 5.56 Å². The largest absolute Gasteiger partial charge is 0.488 e. The van der Waals surface area contributed by atoms with E-state index in [2.05, 4.69) is 17.4 Å². The van der Waals surface area contributed by atoms with E-state index in [0.717, 1.165) is 11.3 Å². The van der Waals surface area contributed by atoms with Crippen LogP contribution in [0, 0.1) is 0 Å². The minimum atomic E-state index is 0.451. The van der Waals surface area contributed by atoms with Gasteiger partial charge in [-0.2, -0.15) is 0 Å². The number of halogens is 1. The van der Waals surface area contributed by atoms with Gasteiger partial charge in [-0.05, 0) is 29.8 Å². The molecule has 0 aliphatic heterocycles. The van der Waals surface area contributed by atoms with E-state index in [9.17, 15) is 0 Å². The maximum Gasteiger partial charge on any atom is 0.138 e. The molecule has 0 aliphatic rings. The standard InChI is InChI=1S/C16H17ClN2O/c1-2-10-20-16-9-8-13(11-15(16)17)12-18-19-14-6-4-3-5-7-14/h2-9,11,18-19H,1,10,12H2. The van der Waals surface area contributed by atoms with Crippen LogP contribution in [-0.4, -0.2) is 6.61 Å². The summed E-state index contributed by atoms with van der Waals surface area (Å²) in [5.74, 6) is 0.673. The van der Waals surface area contributed by atoms with Gasteiger partial charge in [0.1, 0.15) is 12.4 Å². The Hall–Kier alpha value is -1.97. The maximum absolute atomic E-state index is 6.15. The van der Waals surface area contributed by atoms with Gasteiger partial charge >= 0.3 is 0 Å². The van der Waals surface area contributed by atoms with Gasteiger partial charge in [0.25, 0.3) is 0 Å². The lowest BCUT2D eigenvalue weighted by molar-refractivity contribution is 0.363. The molecule has 0 atom stereocenters. The van der Waals surface area contributed by atoms with E-state index in [-0.39, 0.29) is 0 Å². The van der Waals surface area contributed by atoms with E-state index in [4.69, 9.17) is 16.3 Å². The molecule has 0 unspecified atom stereocenters. The third kappa shape index (κ3) is 4.30. The Morgan fingerprint density at radius 1 is 1.15 bits per heavy atom. The van der Waals surface area contributed by atoms with Crippen molar-refractivity contribution >= 4 is 17.3 Å². The van der Waals surface area contributed by atoms with Crippen LogP contribution in [0.15, 0.2) is 61.2 Å². The number of anilines is 1. The van der Waals surface area contributed by atoms with E-state index in [1.807, 2.05) is 48.5 Å². The number of para-hydroxylation sites is 1. The van der Waals surface area contributed by atoms with Gasteiger partial charge in [0, 0.05) is 12.2 Å². The van der Waals surface area contributed by atoms with Gasteiger partial charge in [0.15, 0.2) is 0 Å². The van der Waals surface area contributed by atoms with Crippen LogP contribution in [0.4, 0.5) is 5.69 Å². The highest BCUT2D eigenvalue weighted by molar-refractivity contribution is 6.32. The van der Waals surface area contributed by atoms with Crippen LogP contribution < -0.4 is 15.6 Å². The molecule has 2 aromatic carbocycles. The second-order valence-corrected chi connectivity index (χ2v) is 4.62. The average Bonchev–Trinajstić information content (AvgIpc) is 2.47. The highest BCUT2D eigenvalue weighted by Gasteiger charge is 2.02. The first kappa shape index (κ1) is 14.4. The first-order chi connectivity index (χ1) is 9.79. The molecule has 0 amide bonds. The number of benzene rings is 2. The van der Waals surface area contributed by atoms with Crippen molar-refractivity contribution in [2.24, 2.45) is 0 Å². The molecule has 2 rings (SSSR count). The van der Waals surface area contributed by atoms with Crippen LogP contribution in [0.5, 0.6) is 5.75 Å². The van der Waals surface area contributed by atoms with E-state index in [0.29, 0.717) is 23.9 Å². The highest BCUT2D eigenvalue weighted by atomic mass is 35.5. The Kier molecular flexibility index (Phi) is 5.47. The van der Waals surface area contributed by atoms with Crippen molar-refractivity contribution in [1.29, 1.82) is 0 Å².